The smallest absolute Gasteiger partial charge is 0.236 e. The number of carbonyl (C=O) groups is 1. The minimum Gasteiger partial charge on any atom is -0.354 e. The minimum absolute atomic E-state index is 0.0496. The van der Waals surface area contributed by atoms with Crippen molar-refractivity contribution in [2.75, 3.05) is 6.54 Å². The monoisotopic (exact) mass is 248 g/mol. The summed E-state index contributed by atoms with van der Waals surface area (Å²) in [6.45, 7) is 6.87. The van der Waals surface area contributed by atoms with Crippen molar-refractivity contribution in [3.63, 3.8) is 0 Å². The van der Waals surface area contributed by atoms with Gasteiger partial charge in [-0.25, -0.2) is 0 Å². The fraction of sp³-hybridized carbons (Fsp3) is 0.533. The lowest BCUT2D eigenvalue weighted by Gasteiger charge is -2.17. The van der Waals surface area contributed by atoms with Gasteiger partial charge in [0.25, 0.3) is 0 Å². The van der Waals surface area contributed by atoms with Gasteiger partial charge in [0.2, 0.25) is 5.91 Å². The molecule has 0 aliphatic rings. The van der Waals surface area contributed by atoms with Crippen LogP contribution in [0.4, 0.5) is 0 Å². The van der Waals surface area contributed by atoms with Gasteiger partial charge in [-0.3, -0.25) is 4.79 Å². The molecular weight excluding hydrogens is 224 g/mol. The second-order valence-corrected chi connectivity index (χ2v) is 5.29. The molecule has 1 aromatic carbocycles. The number of nitrogens with one attached hydrogen (secondary N) is 1. The highest BCUT2D eigenvalue weighted by atomic mass is 16.2. The van der Waals surface area contributed by atoms with Crippen LogP contribution in [0.2, 0.25) is 0 Å². The maximum atomic E-state index is 11.8. The van der Waals surface area contributed by atoms with Crippen LogP contribution in [0, 0.1) is 5.92 Å². The van der Waals surface area contributed by atoms with Crippen molar-refractivity contribution in [1.29, 1.82) is 0 Å². The van der Waals surface area contributed by atoms with E-state index in [0.717, 1.165) is 6.42 Å². The topological polar surface area (TPSA) is 55.1 Å². The lowest BCUT2D eigenvalue weighted by atomic mass is 10.0. The third-order valence-corrected chi connectivity index (χ3v) is 3.01. The van der Waals surface area contributed by atoms with Gasteiger partial charge in [0, 0.05) is 6.54 Å². The van der Waals surface area contributed by atoms with E-state index in [1.54, 1.807) is 0 Å². The molecular formula is C15H24N2O. The molecule has 3 N–H and O–H groups in total. The van der Waals surface area contributed by atoms with E-state index < -0.39 is 6.04 Å². The van der Waals surface area contributed by atoms with E-state index in [1.807, 2.05) is 18.2 Å². The van der Waals surface area contributed by atoms with Crippen molar-refractivity contribution in [3.8, 4) is 0 Å². The number of carbonyl (C=O) groups excluding carboxylic acids is 1. The first-order valence-electron chi connectivity index (χ1n) is 6.59. The SMILES string of the molecule is CC(C)CC(N)C(=O)NCC(C)c1ccccc1. The van der Waals surface area contributed by atoms with Crippen molar-refractivity contribution in [1.82, 2.24) is 5.32 Å². The van der Waals surface area contributed by atoms with Gasteiger partial charge in [-0.1, -0.05) is 51.1 Å². The minimum atomic E-state index is -0.395. The lowest BCUT2D eigenvalue weighted by Crippen LogP contribution is -2.42. The summed E-state index contributed by atoms with van der Waals surface area (Å²) >= 11 is 0. The lowest BCUT2D eigenvalue weighted by molar-refractivity contribution is -0.122. The second-order valence-electron chi connectivity index (χ2n) is 5.29. The van der Waals surface area contributed by atoms with E-state index in [9.17, 15) is 4.79 Å². The Morgan fingerprint density at radius 2 is 1.83 bits per heavy atom. The Morgan fingerprint density at radius 3 is 2.39 bits per heavy atom. The summed E-state index contributed by atoms with van der Waals surface area (Å²) in [5.74, 6) is 0.699. The first-order valence-corrected chi connectivity index (χ1v) is 6.59. The van der Waals surface area contributed by atoms with E-state index in [1.165, 1.54) is 5.56 Å². The van der Waals surface area contributed by atoms with Gasteiger partial charge in [-0.15, -0.1) is 0 Å². The van der Waals surface area contributed by atoms with Crippen LogP contribution >= 0.6 is 0 Å². The third-order valence-electron chi connectivity index (χ3n) is 3.01. The molecule has 0 saturated carbocycles. The number of benzene rings is 1. The summed E-state index contributed by atoms with van der Waals surface area (Å²) in [6.07, 6.45) is 0.728. The zero-order valence-electron chi connectivity index (χ0n) is 11.5. The van der Waals surface area contributed by atoms with Crippen molar-refractivity contribution in [2.45, 2.75) is 39.2 Å². The van der Waals surface area contributed by atoms with Crippen LogP contribution in [0.1, 0.15) is 38.7 Å². The highest BCUT2D eigenvalue weighted by molar-refractivity contribution is 5.81. The van der Waals surface area contributed by atoms with Crippen LogP contribution < -0.4 is 11.1 Å². The maximum absolute atomic E-state index is 11.8. The number of amides is 1. The Hall–Kier alpha value is -1.35. The predicted molar refractivity (Wildman–Crippen MR) is 75.3 cm³/mol. The maximum Gasteiger partial charge on any atom is 0.236 e. The van der Waals surface area contributed by atoms with Crippen molar-refractivity contribution < 1.29 is 4.79 Å². The van der Waals surface area contributed by atoms with Gasteiger partial charge < -0.3 is 11.1 Å². The molecule has 100 valence electrons. The molecule has 1 aromatic rings. The molecule has 0 saturated heterocycles. The molecule has 0 aliphatic heterocycles. The van der Waals surface area contributed by atoms with E-state index >= 15 is 0 Å². The molecule has 0 heterocycles. The van der Waals surface area contributed by atoms with Gasteiger partial charge >= 0.3 is 0 Å². The fourth-order valence-electron chi connectivity index (χ4n) is 1.90. The highest BCUT2D eigenvalue weighted by Crippen LogP contribution is 2.13. The summed E-state index contributed by atoms with van der Waals surface area (Å²) < 4.78 is 0. The molecule has 1 amide bonds. The molecule has 0 fully saturated rings. The average Bonchev–Trinajstić information content (AvgIpc) is 2.35. The fourth-order valence-corrected chi connectivity index (χ4v) is 1.90. The van der Waals surface area contributed by atoms with Gasteiger partial charge in [0.15, 0.2) is 0 Å². The van der Waals surface area contributed by atoms with Gasteiger partial charge in [-0.2, -0.15) is 0 Å². The number of hydrogen-bond acceptors (Lipinski definition) is 2. The molecule has 18 heavy (non-hydrogen) atoms. The quantitative estimate of drug-likeness (QED) is 0.811. The Kier molecular flexibility index (Phi) is 5.86. The van der Waals surface area contributed by atoms with Crippen molar-refractivity contribution in [3.05, 3.63) is 35.9 Å². The standard InChI is InChI=1S/C15H24N2O/c1-11(2)9-14(16)15(18)17-10-12(3)13-7-5-4-6-8-13/h4-8,11-12,14H,9-10,16H2,1-3H3,(H,17,18). The van der Waals surface area contributed by atoms with Crippen molar-refractivity contribution in [2.24, 2.45) is 11.7 Å². The molecule has 2 unspecified atom stereocenters. The Bertz CT molecular complexity index is 362. The Morgan fingerprint density at radius 1 is 1.22 bits per heavy atom. The van der Waals surface area contributed by atoms with Gasteiger partial charge in [0.1, 0.15) is 0 Å². The van der Waals surface area contributed by atoms with Gasteiger partial charge in [-0.05, 0) is 23.8 Å². The molecule has 0 radical (unpaired) electrons. The van der Waals surface area contributed by atoms with Crippen LogP contribution in [0.25, 0.3) is 0 Å². The summed E-state index contributed by atoms with van der Waals surface area (Å²) in [7, 11) is 0. The molecule has 3 heteroatoms. The first kappa shape index (κ1) is 14.7. The molecule has 2 atom stereocenters. The van der Waals surface area contributed by atoms with Crippen molar-refractivity contribution >= 4 is 5.91 Å². The average molecular weight is 248 g/mol. The summed E-state index contributed by atoms with van der Waals surface area (Å²) in [4.78, 5) is 11.8. The highest BCUT2D eigenvalue weighted by Gasteiger charge is 2.15. The molecule has 1 rings (SSSR count). The summed E-state index contributed by atoms with van der Waals surface area (Å²) in [5.41, 5.74) is 7.06. The molecule has 0 spiro atoms. The first-order chi connectivity index (χ1) is 8.50. The van der Waals surface area contributed by atoms with E-state index in [2.05, 4.69) is 38.2 Å². The predicted octanol–water partition coefficient (Wildman–Crippen LogP) is 2.28. The number of rotatable bonds is 6. The molecule has 0 aliphatic carbocycles. The normalized spacial score (nSPS) is 14.3. The van der Waals surface area contributed by atoms with Gasteiger partial charge in [0.05, 0.1) is 6.04 Å². The van der Waals surface area contributed by atoms with E-state index in [-0.39, 0.29) is 5.91 Å². The zero-order chi connectivity index (χ0) is 13.5. The Balaban J connectivity index is 2.39. The van der Waals surface area contributed by atoms with Crippen LogP contribution in [0.15, 0.2) is 30.3 Å². The molecule has 3 nitrogen and oxygen atoms in total. The summed E-state index contributed by atoms with van der Waals surface area (Å²) in [5, 5.41) is 2.92. The molecule has 0 aromatic heterocycles. The second kappa shape index (κ2) is 7.17. The zero-order valence-corrected chi connectivity index (χ0v) is 11.5. The molecule has 0 bridgehead atoms. The summed E-state index contributed by atoms with van der Waals surface area (Å²) in [6, 6.07) is 9.77. The van der Waals surface area contributed by atoms with E-state index in [4.69, 9.17) is 5.73 Å². The number of hydrogen-bond donors (Lipinski definition) is 2. The van der Waals surface area contributed by atoms with E-state index in [0.29, 0.717) is 18.4 Å². The van der Waals surface area contributed by atoms with Crippen LogP contribution in [-0.2, 0) is 4.79 Å². The van der Waals surface area contributed by atoms with Crippen LogP contribution in [0.3, 0.4) is 0 Å². The third kappa shape index (κ3) is 4.88. The van der Waals surface area contributed by atoms with Crippen LogP contribution in [0.5, 0.6) is 0 Å². The van der Waals surface area contributed by atoms with Crippen LogP contribution in [-0.4, -0.2) is 18.5 Å². The largest absolute Gasteiger partial charge is 0.354 e. The Labute approximate surface area is 110 Å². The number of nitrogens with two attached hydrogens (primary N) is 1.